The van der Waals surface area contributed by atoms with E-state index in [2.05, 4.69) is 21.3 Å². The highest BCUT2D eigenvalue weighted by Crippen LogP contribution is 2.25. The van der Waals surface area contributed by atoms with Gasteiger partial charge in [-0.1, -0.05) is 66.7 Å². The molecule has 5 N–H and O–H groups in total. The molecule has 2 fully saturated rings. The summed E-state index contributed by atoms with van der Waals surface area (Å²) in [5.41, 5.74) is 3.33. The SMILES string of the molecule is CC(C)(C)NC(=O)O[C@@H]1C[C@@H](C(=O)Nc2ccc(/C=C/c3ccc(NC(=O)[C@@H]4C[C@@H](O)CN4)cc3)cc2)N(C(=O)OCc2ccccc2)C1. The van der Waals surface area contributed by atoms with Crippen molar-refractivity contribution in [3.63, 3.8) is 0 Å². The van der Waals surface area contributed by atoms with Gasteiger partial charge < -0.3 is 35.8 Å². The lowest BCUT2D eigenvalue weighted by atomic mass is 10.1. The van der Waals surface area contributed by atoms with Crippen LogP contribution < -0.4 is 21.3 Å². The van der Waals surface area contributed by atoms with E-state index < -0.39 is 47.9 Å². The highest BCUT2D eigenvalue weighted by Gasteiger charge is 2.42. The van der Waals surface area contributed by atoms with Crippen LogP contribution in [0.4, 0.5) is 21.0 Å². The number of nitrogens with zero attached hydrogens (tertiary/aromatic N) is 1. The molecular formula is C37H43N5O7. The summed E-state index contributed by atoms with van der Waals surface area (Å²) in [6, 6.07) is 22.6. The molecule has 0 radical (unpaired) electrons. The van der Waals surface area contributed by atoms with Gasteiger partial charge >= 0.3 is 12.2 Å². The molecule has 0 aromatic heterocycles. The van der Waals surface area contributed by atoms with E-state index in [4.69, 9.17) is 9.47 Å². The summed E-state index contributed by atoms with van der Waals surface area (Å²) < 4.78 is 11.1. The largest absolute Gasteiger partial charge is 0.445 e. The summed E-state index contributed by atoms with van der Waals surface area (Å²) >= 11 is 0. The van der Waals surface area contributed by atoms with Crippen molar-refractivity contribution in [3.05, 3.63) is 95.6 Å². The maximum Gasteiger partial charge on any atom is 0.410 e. The molecule has 4 amide bonds. The normalized spacial score (nSPS) is 20.5. The van der Waals surface area contributed by atoms with Gasteiger partial charge in [-0.05, 0) is 68.1 Å². The number of anilines is 2. The van der Waals surface area contributed by atoms with Crippen LogP contribution >= 0.6 is 0 Å². The number of hydrogen-bond acceptors (Lipinski definition) is 8. The van der Waals surface area contributed by atoms with Crippen LogP contribution in [-0.2, 0) is 25.7 Å². The van der Waals surface area contributed by atoms with Gasteiger partial charge in [-0.15, -0.1) is 0 Å². The van der Waals surface area contributed by atoms with Crippen molar-refractivity contribution in [3.8, 4) is 0 Å². The van der Waals surface area contributed by atoms with Crippen molar-refractivity contribution in [1.29, 1.82) is 0 Å². The second-order valence-electron chi connectivity index (χ2n) is 13.3. The minimum Gasteiger partial charge on any atom is -0.445 e. The first-order chi connectivity index (χ1) is 23.4. The Balaban J connectivity index is 1.17. The molecule has 0 unspecified atom stereocenters. The molecule has 2 heterocycles. The summed E-state index contributed by atoms with van der Waals surface area (Å²) in [5.74, 6) is -0.596. The predicted octanol–water partition coefficient (Wildman–Crippen LogP) is 4.76. The average Bonchev–Trinajstić information content (AvgIpc) is 3.70. The number of amides is 4. The molecule has 49 heavy (non-hydrogen) atoms. The lowest BCUT2D eigenvalue weighted by molar-refractivity contribution is -0.120. The number of alkyl carbamates (subject to hydrolysis) is 1. The van der Waals surface area contributed by atoms with E-state index in [9.17, 15) is 24.3 Å². The first-order valence-electron chi connectivity index (χ1n) is 16.3. The smallest absolute Gasteiger partial charge is 0.410 e. The molecule has 2 saturated heterocycles. The second-order valence-corrected chi connectivity index (χ2v) is 13.3. The number of ether oxygens (including phenoxy) is 2. The van der Waals surface area contributed by atoms with E-state index >= 15 is 0 Å². The van der Waals surface area contributed by atoms with Gasteiger partial charge in [0.05, 0.1) is 18.7 Å². The molecule has 0 spiro atoms. The van der Waals surface area contributed by atoms with E-state index in [1.807, 2.05) is 99.7 Å². The second kappa shape index (κ2) is 15.8. The van der Waals surface area contributed by atoms with Crippen LogP contribution in [0.15, 0.2) is 78.9 Å². The number of carbonyl (C=O) groups excluding carboxylic acids is 4. The molecule has 2 aliphatic heterocycles. The fraction of sp³-hybridized carbons (Fsp3) is 0.351. The van der Waals surface area contributed by atoms with Crippen LogP contribution in [0.5, 0.6) is 0 Å². The first-order valence-corrected chi connectivity index (χ1v) is 16.3. The molecule has 0 saturated carbocycles. The number of benzene rings is 3. The number of nitrogens with one attached hydrogen (secondary N) is 4. The van der Waals surface area contributed by atoms with Gasteiger partial charge in [0.1, 0.15) is 18.8 Å². The number of likely N-dealkylation sites (tertiary alicyclic amines) is 1. The van der Waals surface area contributed by atoms with Crippen molar-refractivity contribution in [1.82, 2.24) is 15.5 Å². The molecule has 0 aliphatic carbocycles. The van der Waals surface area contributed by atoms with Crippen LogP contribution in [0, 0.1) is 0 Å². The Morgan fingerprint density at radius 3 is 2.00 bits per heavy atom. The Bertz CT molecular complexity index is 1640. The molecule has 3 aromatic rings. The lowest BCUT2D eigenvalue weighted by Gasteiger charge is -2.23. The zero-order valence-corrected chi connectivity index (χ0v) is 27.8. The third-order valence-corrected chi connectivity index (χ3v) is 8.00. The summed E-state index contributed by atoms with van der Waals surface area (Å²) in [6.45, 7) is 5.96. The van der Waals surface area contributed by atoms with Gasteiger partial charge in [-0.25, -0.2) is 9.59 Å². The van der Waals surface area contributed by atoms with Crippen molar-refractivity contribution in [2.24, 2.45) is 0 Å². The number of carbonyl (C=O) groups is 4. The zero-order valence-electron chi connectivity index (χ0n) is 27.8. The first kappa shape index (κ1) is 35.1. The van der Waals surface area contributed by atoms with Crippen LogP contribution in [0.1, 0.15) is 50.3 Å². The van der Waals surface area contributed by atoms with Crippen LogP contribution in [-0.4, -0.2) is 76.9 Å². The Hall–Kier alpha value is -5.20. The van der Waals surface area contributed by atoms with Gasteiger partial charge in [0.25, 0.3) is 0 Å². The number of aliphatic hydroxyl groups is 1. The van der Waals surface area contributed by atoms with E-state index in [1.54, 1.807) is 12.1 Å². The van der Waals surface area contributed by atoms with Gasteiger partial charge in [0.15, 0.2) is 0 Å². The Labute approximate surface area is 285 Å². The highest BCUT2D eigenvalue weighted by atomic mass is 16.6. The third-order valence-electron chi connectivity index (χ3n) is 8.00. The quantitative estimate of drug-likeness (QED) is 0.204. The molecule has 4 atom stereocenters. The maximum absolute atomic E-state index is 13.5. The molecule has 258 valence electrons. The fourth-order valence-electron chi connectivity index (χ4n) is 5.54. The van der Waals surface area contributed by atoms with Crippen molar-refractivity contribution >= 4 is 47.5 Å². The van der Waals surface area contributed by atoms with Crippen LogP contribution in [0.25, 0.3) is 12.2 Å². The molecule has 0 bridgehead atoms. The summed E-state index contributed by atoms with van der Waals surface area (Å²) in [4.78, 5) is 52.7. The standard InChI is InChI=1S/C37H43N5O7/c1-37(2,3)41-35(46)49-30-20-32(42(22-30)36(47)48-23-26-7-5-4-6-8-26)34(45)40-28-17-13-25(14-18-28)10-9-24-11-15-27(16-12-24)39-33(44)31-19-29(43)21-38-31/h4-18,29-32,38,43H,19-23H2,1-3H3,(H,39,44)(H,40,45)(H,41,46)/b10-9+/t29-,30-,31+,32+/m1/s1. The van der Waals surface area contributed by atoms with Crippen molar-refractivity contribution in [2.75, 3.05) is 23.7 Å². The van der Waals surface area contributed by atoms with Crippen LogP contribution in [0.2, 0.25) is 0 Å². The molecular weight excluding hydrogens is 626 g/mol. The number of β-amino-alcohol motifs (C(OH)–C–C–N with tert-alkyl or cyclic N) is 1. The molecule has 12 nitrogen and oxygen atoms in total. The van der Waals surface area contributed by atoms with E-state index in [0.29, 0.717) is 24.3 Å². The Morgan fingerprint density at radius 1 is 0.857 bits per heavy atom. The summed E-state index contributed by atoms with van der Waals surface area (Å²) in [7, 11) is 0. The van der Waals surface area contributed by atoms with Crippen molar-refractivity contribution < 1.29 is 33.8 Å². The van der Waals surface area contributed by atoms with E-state index in [1.165, 1.54) is 4.90 Å². The zero-order chi connectivity index (χ0) is 35.0. The monoisotopic (exact) mass is 669 g/mol. The van der Waals surface area contributed by atoms with E-state index in [0.717, 1.165) is 16.7 Å². The minimum atomic E-state index is -0.913. The summed E-state index contributed by atoms with van der Waals surface area (Å²) in [6.07, 6.45) is 1.87. The van der Waals surface area contributed by atoms with E-state index in [-0.39, 0.29) is 25.5 Å². The Kier molecular flexibility index (Phi) is 11.3. The van der Waals surface area contributed by atoms with Crippen LogP contribution in [0.3, 0.4) is 0 Å². The molecule has 12 heteroatoms. The third kappa shape index (κ3) is 10.4. The number of hydrogen-bond donors (Lipinski definition) is 5. The number of rotatable bonds is 9. The fourth-order valence-corrected chi connectivity index (χ4v) is 5.54. The molecule has 5 rings (SSSR count). The van der Waals surface area contributed by atoms with Gasteiger partial charge in [0.2, 0.25) is 11.8 Å². The highest BCUT2D eigenvalue weighted by molar-refractivity contribution is 5.97. The average molecular weight is 670 g/mol. The lowest BCUT2D eigenvalue weighted by Crippen LogP contribution is -2.43. The maximum atomic E-state index is 13.5. The predicted molar refractivity (Wildman–Crippen MR) is 186 cm³/mol. The molecule has 2 aliphatic rings. The number of aliphatic hydroxyl groups excluding tert-OH is 1. The Morgan fingerprint density at radius 2 is 1.45 bits per heavy atom. The molecule has 3 aromatic carbocycles. The minimum absolute atomic E-state index is 0.0161. The van der Waals surface area contributed by atoms with Gasteiger partial charge in [-0.3, -0.25) is 14.5 Å². The summed E-state index contributed by atoms with van der Waals surface area (Å²) in [5, 5.41) is 21.1. The van der Waals surface area contributed by atoms with Gasteiger partial charge in [0, 0.05) is 29.9 Å². The topological polar surface area (TPSA) is 158 Å². The van der Waals surface area contributed by atoms with Crippen molar-refractivity contribution in [2.45, 2.75) is 70.1 Å². The van der Waals surface area contributed by atoms with Gasteiger partial charge in [-0.2, -0.15) is 0 Å².